The number of amides is 1. The van der Waals surface area contributed by atoms with E-state index < -0.39 is 0 Å². The molecule has 4 rings (SSSR count). The minimum absolute atomic E-state index is 0.120. The number of anilines is 2. The number of nitrogens with one attached hydrogen (secondary N) is 2. The summed E-state index contributed by atoms with van der Waals surface area (Å²) in [6.07, 6.45) is 4.29. The van der Waals surface area contributed by atoms with Crippen molar-refractivity contribution in [1.82, 2.24) is 5.32 Å². The maximum atomic E-state index is 12.6. The van der Waals surface area contributed by atoms with Crippen molar-refractivity contribution < 1.29 is 4.79 Å². The van der Waals surface area contributed by atoms with Gasteiger partial charge in [-0.15, -0.1) is 0 Å². The topological polar surface area (TPSA) is 67.1 Å². The van der Waals surface area contributed by atoms with Crippen molar-refractivity contribution in [3.8, 4) is 0 Å². The number of nitrogen functional groups attached to an aromatic ring is 1. The van der Waals surface area contributed by atoms with Crippen LogP contribution in [0.15, 0.2) is 72.8 Å². The van der Waals surface area contributed by atoms with E-state index in [4.69, 9.17) is 5.73 Å². The number of carbonyl (C=O) groups is 1. The van der Waals surface area contributed by atoms with E-state index >= 15 is 0 Å². The molecule has 0 radical (unpaired) electrons. The summed E-state index contributed by atoms with van der Waals surface area (Å²) < 4.78 is 0. The number of benzene rings is 3. The smallest absolute Gasteiger partial charge is 0.255 e. The molecule has 3 aromatic rings. The summed E-state index contributed by atoms with van der Waals surface area (Å²) in [6, 6.07) is 24.3. The summed E-state index contributed by atoms with van der Waals surface area (Å²) in [5.74, 6) is -0.120. The van der Waals surface area contributed by atoms with Gasteiger partial charge in [0.1, 0.15) is 0 Å². The highest BCUT2D eigenvalue weighted by Crippen LogP contribution is 2.32. The molecule has 0 fully saturated rings. The molecule has 4 heteroatoms. The normalized spacial score (nSPS) is 15.1. The zero-order valence-corrected chi connectivity index (χ0v) is 16.5. The molecule has 1 amide bonds. The van der Waals surface area contributed by atoms with Gasteiger partial charge < -0.3 is 16.4 Å². The van der Waals surface area contributed by atoms with Gasteiger partial charge in [-0.3, -0.25) is 4.79 Å². The van der Waals surface area contributed by atoms with Crippen molar-refractivity contribution in [2.24, 2.45) is 0 Å². The maximum absolute atomic E-state index is 12.6. The third-order valence-electron chi connectivity index (χ3n) is 5.57. The molecule has 1 aliphatic rings. The molecule has 0 saturated heterocycles. The second kappa shape index (κ2) is 8.93. The van der Waals surface area contributed by atoms with E-state index in [2.05, 4.69) is 47.0 Å². The van der Waals surface area contributed by atoms with Gasteiger partial charge in [0.25, 0.3) is 5.91 Å². The van der Waals surface area contributed by atoms with Crippen LogP contribution in [0.5, 0.6) is 0 Å². The zero-order chi connectivity index (χ0) is 20.1. The fourth-order valence-electron chi connectivity index (χ4n) is 3.99. The van der Waals surface area contributed by atoms with Crippen molar-refractivity contribution in [2.45, 2.75) is 31.7 Å². The molecular formula is C25H27N3O. The molecule has 4 N–H and O–H groups in total. The van der Waals surface area contributed by atoms with Crippen molar-refractivity contribution in [2.75, 3.05) is 17.6 Å². The fraction of sp³-hybridized carbons (Fsp3) is 0.240. The van der Waals surface area contributed by atoms with Crippen LogP contribution in [0, 0.1) is 0 Å². The van der Waals surface area contributed by atoms with Crippen LogP contribution in [0.3, 0.4) is 0 Å². The van der Waals surface area contributed by atoms with E-state index in [0.717, 1.165) is 32.2 Å². The van der Waals surface area contributed by atoms with Crippen molar-refractivity contribution in [1.29, 1.82) is 0 Å². The summed E-state index contributed by atoms with van der Waals surface area (Å²) >= 11 is 0. The Labute approximate surface area is 172 Å². The predicted octanol–water partition coefficient (Wildman–Crippen LogP) is 4.73. The Bertz CT molecular complexity index is 984. The van der Waals surface area contributed by atoms with Crippen LogP contribution >= 0.6 is 0 Å². The van der Waals surface area contributed by atoms with Gasteiger partial charge in [-0.1, -0.05) is 48.5 Å². The molecule has 0 aromatic heterocycles. The number of rotatable bonds is 7. The summed E-state index contributed by atoms with van der Waals surface area (Å²) in [5, 5.41) is 6.59. The van der Waals surface area contributed by atoms with Crippen molar-refractivity contribution in [3.05, 3.63) is 95.1 Å². The number of nitrogens with two attached hydrogens (primary N) is 1. The molecule has 0 heterocycles. The third kappa shape index (κ3) is 4.66. The van der Waals surface area contributed by atoms with Crippen molar-refractivity contribution >= 4 is 17.3 Å². The minimum Gasteiger partial charge on any atom is -0.397 e. The first-order valence-corrected chi connectivity index (χ1v) is 10.3. The third-order valence-corrected chi connectivity index (χ3v) is 5.57. The lowest BCUT2D eigenvalue weighted by Gasteiger charge is -2.15. The number of para-hydroxylation sites is 2. The lowest BCUT2D eigenvalue weighted by atomic mass is 10.0. The van der Waals surface area contributed by atoms with E-state index in [9.17, 15) is 4.79 Å². The predicted molar refractivity (Wildman–Crippen MR) is 119 cm³/mol. The Balaban J connectivity index is 1.34. The summed E-state index contributed by atoms with van der Waals surface area (Å²) in [5.41, 5.74) is 11.8. The quantitative estimate of drug-likeness (QED) is 0.407. The number of fused-ring (bicyclic) bond motifs is 1. The van der Waals surface area contributed by atoms with Crippen LogP contribution in [-0.4, -0.2) is 12.5 Å². The second-order valence-corrected chi connectivity index (χ2v) is 7.59. The molecule has 0 bridgehead atoms. The van der Waals surface area contributed by atoms with Crippen LogP contribution in [0.4, 0.5) is 11.4 Å². The standard InChI is InChI=1S/C25H27N3O/c26-22-10-4-5-11-24(22)28-25(29)20-12-14-21-19(17-20)13-15-23(21)27-16-6-9-18-7-2-1-3-8-18/h1-5,7-8,10-12,14,17,23,27H,6,9,13,15-16,26H2,(H,28,29). The average Bonchev–Trinajstić information content (AvgIpc) is 3.16. The van der Waals surface area contributed by atoms with Gasteiger partial charge >= 0.3 is 0 Å². The SMILES string of the molecule is Nc1ccccc1NC(=O)c1ccc2c(c1)CCC2NCCCc1ccccc1. The minimum atomic E-state index is -0.120. The Morgan fingerprint density at radius 1 is 1.00 bits per heavy atom. The number of aryl methyl sites for hydroxylation is 2. The second-order valence-electron chi connectivity index (χ2n) is 7.59. The summed E-state index contributed by atoms with van der Waals surface area (Å²) in [6.45, 7) is 0.995. The number of hydrogen-bond acceptors (Lipinski definition) is 3. The van der Waals surface area contributed by atoms with Crippen LogP contribution < -0.4 is 16.4 Å². The maximum Gasteiger partial charge on any atom is 0.255 e. The van der Waals surface area contributed by atoms with Gasteiger partial charge in [-0.05, 0) is 73.2 Å². The number of hydrogen-bond donors (Lipinski definition) is 3. The molecule has 0 spiro atoms. The molecule has 0 saturated carbocycles. The van der Waals surface area contributed by atoms with Crippen LogP contribution in [0.25, 0.3) is 0 Å². The Hall–Kier alpha value is -3.11. The molecule has 0 aliphatic heterocycles. The molecule has 1 atom stereocenters. The highest BCUT2D eigenvalue weighted by atomic mass is 16.1. The van der Waals surface area contributed by atoms with Gasteiger partial charge in [0.05, 0.1) is 11.4 Å². The molecule has 148 valence electrons. The van der Waals surface area contributed by atoms with Crippen LogP contribution in [-0.2, 0) is 12.8 Å². The fourth-order valence-corrected chi connectivity index (χ4v) is 3.99. The largest absolute Gasteiger partial charge is 0.397 e. The van der Waals surface area contributed by atoms with Crippen molar-refractivity contribution in [3.63, 3.8) is 0 Å². The number of carbonyl (C=O) groups excluding carboxylic acids is 1. The van der Waals surface area contributed by atoms with E-state index in [-0.39, 0.29) is 5.91 Å². The van der Waals surface area contributed by atoms with Crippen LogP contribution in [0.2, 0.25) is 0 Å². The Kier molecular flexibility index (Phi) is 5.92. The van der Waals surface area contributed by atoms with Gasteiger partial charge in [0.2, 0.25) is 0 Å². The first kappa shape index (κ1) is 19.2. The molecular weight excluding hydrogens is 358 g/mol. The first-order chi connectivity index (χ1) is 14.2. The summed E-state index contributed by atoms with van der Waals surface area (Å²) in [4.78, 5) is 12.6. The Morgan fingerprint density at radius 2 is 1.79 bits per heavy atom. The average molecular weight is 386 g/mol. The molecule has 3 aromatic carbocycles. The molecule has 4 nitrogen and oxygen atoms in total. The lowest BCUT2D eigenvalue weighted by molar-refractivity contribution is 0.102. The molecule has 29 heavy (non-hydrogen) atoms. The lowest BCUT2D eigenvalue weighted by Crippen LogP contribution is -2.21. The monoisotopic (exact) mass is 385 g/mol. The Morgan fingerprint density at radius 3 is 2.62 bits per heavy atom. The van der Waals surface area contributed by atoms with E-state index in [1.165, 1.54) is 16.7 Å². The van der Waals surface area contributed by atoms with Gasteiger partial charge in [0.15, 0.2) is 0 Å². The highest BCUT2D eigenvalue weighted by Gasteiger charge is 2.23. The molecule has 1 aliphatic carbocycles. The highest BCUT2D eigenvalue weighted by molar-refractivity contribution is 6.05. The van der Waals surface area contributed by atoms with E-state index in [1.807, 2.05) is 30.3 Å². The van der Waals surface area contributed by atoms with Crippen LogP contribution in [0.1, 0.15) is 45.9 Å². The van der Waals surface area contributed by atoms with Gasteiger partial charge in [-0.25, -0.2) is 0 Å². The zero-order valence-electron chi connectivity index (χ0n) is 16.5. The first-order valence-electron chi connectivity index (χ1n) is 10.3. The summed E-state index contributed by atoms with van der Waals surface area (Å²) in [7, 11) is 0. The van der Waals surface area contributed by atoms with Gasteiger partial charge in [-0.2, -0.15) is 0 Å². The van der Waals surface area contributed by atoms with E-state index in [1.54, 1.807) is 6.07 Å². The van der Waals surface area contributed by atoms with Gasteiger partial charge in [0, 0.05) is 11.6 Å². The molecule has 1 unspecified atom stereocenters. The van der Waals surface area contributed by atoms with E-state index in [0.29, 0.717) is 23.0 Å².